The molecule has 0 saturated heterocycles. The van der Waals surface area contributed by atoms with Crippen molar-refractivity contribution in [3.8, 4) is 5.75 Å². The molecule has 18 heavy (non-hydrogen) atoms. The van der Waals surface area contributed by atoms with E-state index in [4.69, 9.17) is 16.3 Å². The number of halogens is 2. The van der Waals surface area contributed by atoms with Crippen molar-refractivity contribution in [3.63, 3.8) is 0 Å². The van der Waals surface area contributed by atoms with Crippen LogP contribution in [0.1, 0.15) is 31.2 Å². The lowest BCUT2D eigenvalue weighted by Gasteiger charge is -2.27. The molecule has 2 rings (SSSR count). The summed E-state index contributed by atoms with van der Waals surface area (Å²) >= 11 is 5.76. The Kier molecular flexibility index (Phi) is 3.48. The molecule has 1 aromatic rings. The molecule has 1 saturated carbocycles. The van der Waals surface area contributed by atoms with Gasteiger partial charge >= 0.3 is 5.97 Å². The topological polar surface area (TPSA) is 46.5 Å². The average molecular weight is 273 g/mol. The molecule has 1 aliphatic carbocycles. The number of hydrogen-bond acceptors (Lipinski definition) is 2. The van der Waals surface area contributed by atoms with E-state index in [0.29, 0.717) is 12.8 Å². The van der Waals surface area contributed by atoms with Gasteiger partial charge in [0.1, 0.15) is 11.6 Å². The highest BCUT2D eigenvalue weighted by atomic mass is 35.5. The quantitative estimate of drug-likeness (QED) is 0.917. The number of ether oxygens (including phenoxy) is 1. The molecular formula is C13H14ClFO3. The van der Waals surface area contributed by atoms with Crippen molar-refractivity contribution >= 4 is 17.6 Å². The molecule has 1 N–H and O–H groups in total. The van der Waals surface area contributed by atoms with Gasteiger partial charge in [-0.25, -0.2) is 4.39 Å². The molecule has 0 bridgehead atoms. The Morgan fingerprint density at radius 3 is 2.56 bits per heavy atom. The first-order valence-corrected chi connectivity index (χ1v) is 6.16. The van der Waals surface area contributed by atoms with Gasteiger partial charge in [-0.15, -0.1) is 0 Å². The van der Waals surface area contributed by atoms with Crippen LogP contribution in [0.4, 0.5) is 4.39 Å². The predicted molar refractivity (Wildman–Crippen MR) is 65.7 cm³/mol. The molecule has 0 radical (unpaired) electrons. The molecule has 0 spiro atoms. The van der Waals surface area contributed by atoms with Crippen LogP contribution in [0.3, 0.4) is 0 Å². The molecule has 0 unspecified atom stereocenters. The number of aliphatic carboxylic acids is 1. The van der Waals surface area contributed by atoms with Crippen LogP contribution in [0.2, 0.25) is 5.02 Å². The normalized spacial score (nSPS) is 17.7. The Morgan fingerprint density at radius 1 is 1.44 bits per heavy atom. The van der Waals surface area contributed by atoms with Crippen LogP contribution in [0, 0.1) is 5.82 Å². The molecule has 1 fully saturated rings. The highest BCUT2D eigenvalue weighted by Gasteiger charge is 2.47. The van der Waals surface area contributed by atoms with Crippen LogP contribution >= 0.6 is 11.6 Å². The van der Waals surface area contributed by atoms with Crippen molar-refractivity contribution in [1.82, 2.24) is 0 Å². The number of hydrogen-bond donors (Lipinski definition) is 1. The van der Waals surface area contributed by atoms with Crippen molar-refractivity contribution in [2.45, 2.75) is 31.1 Å². The second-order valence-electron chi connectivity index (χ2n) is 4.53. The first kappa shape index (κ1) is 13.1. The summed E-state index contributed by atoms with van der Waals surface area (Å²) in [6.45, 7) is 0. The first-order chi connectivity index (χ1) is 8.53. The van der Waals surface area contributed by atoms with E-state index in [0.717, 1.165) is 12.8 Å². The highest BCUT2D eigenvalue weighted by molar-refractivity contribution is 6.30. The summed E-state index contributed by atoms with van der Waals surface area (Å²) in [6, 6.07) is 2.90. The number of rotatable bonds is 3. The van der Waals surface area contributed by atoms with E-state index in [-0.39, 0.29) is 16.3 Å². The smallest absolute Gasteiger partial charge is 0.314 e. The lowest BCUT2D eigenvalue weighted by molar-refractivity contribution is -0.143. The fourth-order valence-electron chi connectivity index (χ4n) is 2.70. The fourth-order valence-corrected chi connectivity index (χ4v) is 2.86. The molecule has 3 nitrogen and oxygen atoms in total. The molecule has 0 heterocycles. The highest BCUT2D eigenvalue weighted by Crippen LogP contribution is 2.47. The maximum atomic E-state index is 14.2. The molecule has 1 aromatic carbocycles. The van der Waals surface area contributed by atoms with Crippen molar-refractivity contribution < 1.29 is 19.0 Å². The van der Waals surface area contributed by atoms with E-state index in [2.05, 4.69) is 0 Å². The Balaban J connectivity index is 2.67. The summed E-state index contributed by atoms with van der Waals surface area (Å²) in [5, 5.41) is 9.42. The number of carboxylic acid groups (broad SMARTS) is 1. The Hall–Kier alpha value is -1.29. The van der Waals surface area contributed by atoms with Crippen LogP contribution < -0.4 is 4.74 Å². The van der Waals surface area contributed by atoms with Gasteiger partial charge in [-0.2, -0.15) is 0 Å². The molecule has 0 aromatic heterocycles. The molecule has 1 aliphatic rings. The van der Waals surface area contributed by atoms with Crippen LogP contribution in [0.25, 0.3) is 0 Å². The number of carboxylic acids is 1. The molecule has 98 valence electrons. The van der Waals surface area contributed by atoms with Gasteiger partial charge < -0.3 is 9.84 Å². The minimum absolute atomic E-state index is 0.0710. The summed E-state index contributed by atoms with van der Waals surface area (Å²) in [7, 11) is 1.40. The predicted octanol–water partition coefficient (Wildman–Crippen LogP) is 3.38. The summed E-state index contributed by atoms with van der Waals surface area (Å²) in [5.74, 6) is -1.44. The largest absolute Gasteiger partial charge is 0.496 e. The van der Waals surface area contributed by atoms with Gasteiger partial charge in [0.15, 0.2) is 0 Å². The summed E-state index contributed by atoms with van der Waals surface area (Å²) in [6.07, 6.45) is 2.36. The zero-order valence-corrected chi connectivity index (χ0v) is 10.8. The monoisotopic (exact) mass is 272 g/mol. The molecule has 0 aliphatic heterocycles. The third-order valence-electron chi connectivity index (χ3n) is 3.62. The number of carbonyl (C=O) groups is 1. The maximum absolute atomic E-state index is 14.2. The molecule has 5 heteroatoms. The second-order valence-corrected chi connectivity index (χ2v) is 4.94. The second kappa shape index (κ2) is 4.76. The van der Waals surface area contributed by atoms with E-state index in [1.807, 2.05) is 0 Å². The number of benzene rings is 1. The van der Waals surface area contributed by atoms with Crippen LogP contribution in [0.15, 0.2) is 12.1 Å². The van der Waals surface area contributed by atoms with Gasteiger partial charge in [-0.05, 0) is 25.0 Å². The first-order valence-electron chi connectivity index (χ1n) is 5.79. The van der Waals surface area contributed by atoms with E-state index < -0.39 is 17.2 Å². The zero-order chi connectivity index (χ0) is 13.3. The fraction of sp³-hybridized carbons (Fsp3) is 0.462. The molecule has 0 amide bonds. The maximum Gasteiger partial charge on any atom is 0.314 e. The van der Waals surface area contributed by atoms with Crippen LogP contribution in [-0.4, -0.2) is 18.2 Å². The molecular weight excluding hydrogens is 259 g/mol. The average Bonchev–Trinajstić information content (AvgIpc) is 2.82. The zero-order valence-electron chi connectivity index (χ0n) is 10.0. The lowest BCUT2D eigenvalue weighted by Crippen LogP contribution is -2.34. The lowest BCUT2D eigenvalue weighted by atomic mass is 9.78. The van der Waals surface area contributed by atoms with Crippen molar-refractivity contribution in [2.75, 3.05) is 7.11 Å². The van der Waals surface area contributed by atoms with Crippen molar-refractivity contribution in [3.05, 3.63) is 28.5 Å². The van der Waals surface area contributed by atoms with Gasteiger partial charge in [0.25, 0.3) is 0 Å². The summed E-state index contributed by atoms with van der Waals surface area (Å²) < 4.78 is 19.3. The Bertz CT molecular complexity index is 481. The number of methoxy groups -OCH3 is 1. The third-order valence-corrected chi connectivity index (χ3v) is 3.91. The van der Waals surface area contributed by atoms with E-state index >= 15 is 0 Å². The van der Waals surface area contributed by atoms with Gasteiger partial charge in [0.2, 0.25) is 0 Å². The van der Waals surface area contributed by atoms with E-state index in [1.165, 1.54) is 19.2 Å². The SMILES string of the molecule is COc1ccc(Cl)c(F)c1C1(C(=O)O)CCCC1. The molecule has 0 atom stereocenters. The standard InChI is InChI=1S/C13H14ClFO3/c1-18-9-5-4-8(14)11(15)10(9)13(12(16)17)6-2-3-7-13/h4-5H,2-3,6-7H2,1H3,(H,16,17). The van der Waals surface area contributed by atoms with Crippen LogP contribution in [0.5, 0.6) is 5.75 Å². The Labute approximate surface area is 110 Å². The van der Waals surface area contributed by atoms with Gasteiger partial charge in [-0.1, -0.05) is 24.4 Å². The minimum Gasteiger partial charge on any atom is -0.496 e. The third kappa shape index (κ3) is 1.85. The summed E-state index contributed by atoms with van der Waals surface area (Å²) in [5.41, 5.74) is -1.12. The summed E-state index contributed by atoms with van der Waals surface area (Å²) in [4.78, 5) is 11.6. The van der Waals surface area contributed by atoms with Crippen molar-refractivity contribution in [2.24, 2.45) is 0 Å². The van der Waals surface area contributed by atoms with Gasteiger partial charge in [0, 0.05) is 5.56 Å². The van der Waals surface area contributed by atoms with E-state index in [9.17, 15) is 14.3 Å². The van der Waals surface area contributed by atoms with E-state index in [1.54, 1.807) is 0 Å². The Morgan fingerprint density at radius 2 is 2.06 bits per heavy atom. The van der Waals surface area contributed by atoms with Crippen molar-refractivity contribution in [1.29, 1.82) is 0 Å². The van der Waals surface area contributed by atoms with Gasteiger partial charge in [0.05, 0.1) is 17.5 Å². The van der Waals surface area contributed by atoms with Crippen LogP contribution in [-0.2, 0) is 10.2 Å². The van der Waals surface area contributed by atoms with Gasteiger partial charge in [-0.3, -0.25) is 4.79 Å². The minimum atomic E-state index is -1.21.